The number of carbonyl (C=O) groups excluding carboxylic acids is 2. The molecule has 1 fully saturated rings. The van der Waals surface area contributed by atoms with E-state index in [2.05, 4.69) is 24.3 Å². The Kier molecular flexibility index (Phi) is 8.13. The second-order valence-electron chi connectivity index (χ2n) is 9.12. The Bertz CT molecular complexity index is 1010. The number of aryl methyl sites for hydroxylation is 1. The largest absolute Gasteiger partial charge is 0.467 e. The van der Waals surface area contributed by atoms with Crippen molar-refractivity contribution in [2.75, 3.05) is 13.7 Å². The van der Waals surface area contributed by atoms with Crippen LogP contribution in [0.4, 0.5) is 0 Å². The van der Waals surface area contributed by atoms with Crippen molar-refractivity contribution in [2.24, 2.45) is 5.92 Å². The van der Waals surface area contributed by atoms with Crippen LogP contribution >= 0.6 is 0 Å². The van der Waals surface area contributed by atoms with Crippen molar-refractivity contribution >= 4 is 11.9 Å². The number of unbranched alkanes of at least 4 members (excludes halogenated alkanes) is 1. The van der Waals surface area contributed by atoms with Gasteiger partial charge < -0.3 is 9.64 Å². The Morgan fingerprint density at radius 1 is 0.853 bits per heavy atom. The maximum atomic E-state index is 14.0. The smallest absolute Gasteiger partial charge is 0.328 e. The minimum absolute atomic E-state index is 0.0282. The van der Waals surface area contributed by atoms with Gasteiger partial charge in [0.25, 0.3) is 0 Å². The van der Waals surface area contributed by atoms with Crippen LogP contribution in [0.5, 0.6) is 0 Å². The van der Waals surface area contributed by atoms with Crippen LogP contribution in [0.15, 0.2) is 91.0 Å². The highest BCUT2D eigenvalue weighted by atomic mass is 16.5. The molecule has 0 saturated carbocycles. The molecule has 3 aromatic rings. The summed E-state index contributed by atoms with van der Waals surface area (Å²) in [5.74, 6) is -0.484. The molecular formula is C30H33NO3. The average molecular weight is 456 g/mol. The standard InChI is InChI=1S/C30H33NO3/c1-34-30(33)27-21-24(16-12-11-15-23-13-5-2-6-14-23)22-31(27)29(32)28(25-17-7-3-8-18-25)26-19-9-4-10-20-26/h2-10,13-14,17-20,24,27-28H,11-12,15-16,21-22H2,1H3/t24-,27-/m0/s1. The zero-order chi connectivity index (χ0) is 23.8. The maximum absolute atomic E-state index is 14.0. The van der Waals surface area contributed by atoms with E-state index in [0.717, 1.165) is 36.8 Å². The summed E-state index contributed by atoms with van der Waals surface area (Å²) in [6.07, 6.45) is 4.91. The molecule has 1 amide bonds. The Hall–Kier alpha value is -3.40. The summed E-state index contributed by atoms with van der Waals surface area (Å²) in [5.41, 5.74) is 3.23. The Balaban J connectivity index is 1.48. The first kappa shape index (κ1) is 23.7. The van der Waals surface area contributed by atoms with Crippen LogP contribution in [-0.4, -0.2) is 36.5 Å². The number of benzene rings is 3. The molecule has 176 valence electrons. The molecule has 0 spiro atoms. The van der Waals surface area contributed by atoms with Gasteiger partial charge in [-0.15, -0.1) is 0 Å². The van der Waals surface area contributed by atoms with Crippen LogP contribution in [0, 0.1) is 5.92 Å². The van der Waals surface area contributed by atoms with Gasteiger partial charge in [0.05, 0.1) is 13.0 Å². The van der Waals surface area contributed by atoms with E-state index in [9.17, 15) is 9.59 Å². The van der Waals surface area contributed by atoms with Crippen molar-refractivity contribution in [3.8, 4) is 0 Å². The molecule has 0 bridgehead atoms. The van der Waals surface area contributed by atoms with Crippen LogP contribution in [0.2, 0.25) is 0 Å². The van der Waals surface area contributed by atoms with Crippen LogP contribution in [0.25, 0.3) is 0 Å². The fraction of sp³-hybridized carbons (Fsp3) is 0.333. The van der Waals surface area contributed by atoms with Gasteiger partial charge in [-0.05, 0) is 48.3 Å². The molecule has 1 saturated heterocycles. The van der Waals surface area contributed by atoms with Gasteiger partial charge in [-0.3, -0.25) is 4.79 Å². The maximum Gasteiger partial charge on any atom is 0.328 e. The number of esters is 1. The third kappa shape index (κ3) is 5.74. The van der Waals surface area contributed by atoms with Crippen LogP contribution in [0.3, 0.4) is 0 Å². The lowest BCUT2D eigenvalue weighted by atomic mass is 9.90. The zero-order valence-electron chi connectivity index (χ0n) is 19.8. The van der Waals surface area contributed by atoms with E-state index in [0.29, 0.717) is 18.9 Å². The summed E-state index contributed by atoms with van der Waals surface area (Å²) in [5, 5.41) is 0. The molecule has 0 N–H and O–H groups in total. The van der Waals surface area contributed by atoms with Gasteiger partial charge in [0.2, 0.25) is 5.91 Å². The first-order chi connectivity index (χ1) is 16.7. The number of rotatable bonds is 9. The number of hydrogen-bond acceptors (Lipinski definition) is 3. The normalized spacial score (nSPS) is 17.6. The molecule has 0 unspecified atom stereocenters. The van der Waals surface area contributed by atoms with Crippen molar-refractivity contribution in [2.45, 2.75) is 44.1 Å². The number of hydrogen-bond donors (Lipinski definition) is 0. The first-order valence-electron chi connectivity index (χ1n) is 12.2. The molecular weight excluding hydrogens is 422 g/mol. The molecule has 0 aromatic heterocycles. The molecule has 0 aliphatic carbocycles. The van der Waals surface area contributed by atoms with Crippen molar-refractivity contribution in [3.05, 3.63) is 108 Å². The molecule has 2 atom stereocenters. The van der Waals surface area contributed by atoms with Gasteiger partial charge >= 0.3 is 5.97 Å². The minimum Gasteiger partial charge on any atom is -0.467 e. The van der Waals surface area contributed by atoms with Gasteiger partial charge in [-0.1, -0.05) is 97.4 Å². The highest BCUT2D eigenvalue weighted by molar-refractivity contribution is 5.91. The van der Waals surface area contributed by atoms with Crippen molar-refractivity contribution in [1.82, 2.24) is 4.90 Å². The van der Waals surface area contributed by atoms with Crippen LogP contribution < -0.4 is 0 Å². The molecule has 4 heteroatoms. The number of ether oxygens (including phenoxy) is 1. The summed E-state index contributed by atoms with van der Waals surface area (Å²) in [4.78, 5) is 28.4. The van der Waals surface area contributed by atoms with E-state index >= 15 is 0 Å². The zero-order valence-corrected chi connectivity index (χ0v) is 19.8. The first-order valence-corrected chi connectivity index (χ1v) is 12.2. The fourth-order valence-corrected chi connectivity index (χ4v) is 5.08. The molecule has 0 radical (unpaired) electrons. The number of likely N-dealkylation sites (tertiary alicyclic amines) is 1. The number of nitrogens with zero attached hydrogens (tertiary/aromatic N) is 1. The Labute approximate surface area is 202 Å². The van der Waals surface area contributed by atoms with Gasteiger partial charge in [-0.2, -0.15) is 0 Å². The summed E-state index contributed by atoms with van der Waals surface area (Å²) >= 11 is 0. The third-order valence-corrected chi connectivity index (χ3v) is 6.83. The third-order valence-electron chi connectivity index (χ3n) is 6.83. The molecule has 4 rings (SSSR count). The lowest BCUT2D eigenvalue weighted by Gasteiger charge is -2.28. The van der Waals surface area contributed by atoms with Crippen molar-refractivity contribution in [1.29, 1.82) is 0 Å². The molecule has 34 heavy (non-hydrogen) atoms. The molecule has 1 aliphatic heterocycles. The van der Waals surface area contributed by atoms with E-state index < -0.39 is 12.0 Å². The quantitative estimate of drug-likeness (QED) is 0.311. The summed E-state index contributed by atoms with van der Waals surface area (Å²) in [7, 11) is 1.41. The Morgan fingerprint density at radius 2 is 1.41 bits per heavy atom. The van der Waals surface area contributed by atoms with Crippen molar-refractivity contribution in [3.63, 3.8) is 0 Å². The van der Waals surface area contributed by atoms with Gasteiger partial charge in [0, 0.05) is 6.54 Å². The molecule has 1 aliphatic rings. The number of methoxy groups -OCH3 is 1. The molecule has 4 nitrogen and oxygen atoms in total. The average Bonchev–Trinajstić information content (AvgIpc) is 3.32. The lowest BCUT2D eigenvalue weighted by molar-refractivity contribution is -0.151. The minimum atomic E-state index is -0.522. The van der Waals surface area contributed by atoms with Crippen LogP contribution in [-0.2, 0) is 20.7 Å². The lowest BCUT2D eigenvalue weighted by Crippen LogP contribution is -2.43. The fourth-order valence-electron chi connectivity index (χ4n) is 5.08. The van der Waals surface area contributed by atoms with Crippen LogP contribution in [0.1, 0.15) is 48.3 Å². The number of carbonyl (C=O) groups is 2. The second kappa shape index (κ2) is 11.6. The summed E-state index contributed by atoms with van der Waals surface area (Å²) < 4.78 is 5.10. The van der Waals surface area contributed by atoms with E-state index in [4.69, 9.17) is 4.74 Å². The van der Waals surface area contributed by atoms with Gasteiger partial charge in [-0.25, -0.2) is 4.79 Å². The topological polar surface area (TPSA) is 46.6 Å². The van der Waals surface area contributed by atoms with Crippen molar-refractivity contribution < 1.29 is 14.3 Å². The van der Waals surface area contributed by atoms with E-state index in [1.54, 1.807) is 4.90 Å². The highest BCUT2D eigenvalue weighted by Gasteiger charge is 2.42. The SMILES string of the molecule is COC(=O)[C@@H]1C[C@H](CCCCc2ccccc2)CN1C(=O)C(c1ccccc1)c1ccccc1. The van der Waals surface area contributed by atoms with Gasteiger partial charge in [0.15, 0.2) is 0 Å². The molecule has 1 heterocycles. The Morgan fingerprint density at radius 3 is 1.97 bits per heavy atom. The molecule has 3 aromatic carbocycles. The summed E-state index contributed by atoms with van der Waals surface area (Å²) in [6.45, 7) is 0.597. The van der Waals surface area contributed by atoms with E-state index in [1.165, 1.54) is 12.7 Å². The second-order valence-corrected chi connectivity index (χ2v) is 9.12. The van der Waals surface area contributed by atoms with Gasteiger partial charge in [0.1, 0.15) is 6.04 Å². The monoisotopic (exact) mass is 455 g/mol. The van der Waals surface area contributed by atoms with E-state index in [-0.39, 0.29) is 11.9 Å². The predicted molar refractivity (Wildman–Crippen MR) is 134 cm³/mol. The number of amides is 1. The predicted octanol–water partition coefficient (Wildman–Crippen LogP) is 5.62. The summed E-state index contributed by atoms with van der Waals surface area (Å²) in [6, 6.07) is 29.7. The highest BCUT2D eigenvalue weighted by Crippen LogP contribution is 2.34. The van der Waals surface area contributed by atoms with E-state index in [1.807, 2.05) is 66.7 Å².